The lowest BCUT2D eigenvalue weighted by molar-refractivity contribution is -0.115. The van der Waals surface area contributed by atoms with E-state index in [1.165, 1.54) is 37.7 Å². The molecule has 21 heavy (non-hydrogen) atoms. The van der Waals surface area contributed by atoms with Gasteiger partial charge in [0.05, 0.1) is 6.54 Å². The summed E-state index contributed by atoms with van der Waals surface area (Å²) in [4.78, 5) is 11.8. The molecule has 2 N–H and O–H groups in total. The van der Waals surface area contributed by atoms with E-state index in [1.807, 2.05) is 31.2 Å². The van der Waals surface area contributed by atoms with Crippen LogP contribution in [-0.2, 0) is 4.79 Å². The molecule has 1 amide bonds. The van der Waals surface area contributed by atoms with E-state index >= 15 is 0 Å². The van der Waals surface area contributed by atoms with Gasteiger partial charge < -0.3 is 10.6 Å². The molecule has 0 bridgehead atoms. The fourth-order valence-electron chi connectivity index (χ4n) is 3.17. The van der Waals surface area contributed by atoms with Crippen LogP contribution in [0.15, 0.2) is 24.3 Å². The van der Waals surface area contributed by atoms with Crippen LogP contribution in [0.1, 0.15) is 44.6 Å². The van der Waals surface area contributed by atoms with Crippen molar-refractivity contribution in [2.24, 2.45) is 11.8 Å². The third-order valence-electron chi connectivity index (χ3n) is 4.40. The predicted molar refractivity (Wildman–Crippen MR) is 88.4 cm³/mol. The Hall–Kier alpha value is -1.35. The highest BCUT2D eigenvalue weighted by Crippen LogP contribution is 2.30. The Morgan fingerprint density at radius 2 is 2.00 bits per heavy atom. The molecular formula is C18H28N2O. The van der Waals surface area contributed by atoms with Crippen LogP contribution in [0.3, 0.4) is 0 Å². The van der Waals surface area contributed by atoms with Gasteiger partial charge in [-0.25, -0.2) is 0 Å². The van der Waals surface area contributed by atoms with Crippen molar-refractivity contribution in [3.8, 4) is 0 Å². The quantitative estimate of drug-likeness (QED) is 0.783. The smallest absolute Gasteiger partial charge is 0.238 e. The number of carbonyl (C=O) groups excluding carboxylic acids is 1. The molecule has 0 aliphatic heterocycles. The van der Waals surface area contributed by atoms with E-state index in [4.69, 9.17) is 0 Å². The van der Waals surface area contributed by atoms with Crippen molar-refractivity contribution in [3.63, 3.8) is 0 Å². The molecule has 1 saturated carbocycles. The van der Waals surface area contributed by atoms with Crippen LogP contribution in [0, 0.1) is 18.8 Å². The predicted octanol–water partition coefficient (Wildman–Crippen LogP) is 3.74. The van der Waals surface area contributed by atoms with Gasteiger partial charge in [0.25, 0.3) is 0 Å². The summed E-state index contributed by atoms with van der Waals surface area (Å²) < 4.78 is 0. The number of nitrogens with one attached hydrogen (secondary N) is 2. The monoisotopic (exact) mass is 288 g/mol. The molecule has 1 aromatic carbocycles. The van der Waals surface area contributed by atoms with Gasteiger partial charge in [-0.05, 0) is 50.3 Å². The number of amides is 1. The van der Waals surface area contributed by atoms with Crippen molar-refractivity contribution >= 4 is 11.6 Å². The van der Waals surface area contributed by atoms with E-state index in [0.29, 0.717) is 6.54 Å². The molecule has 0 heterocycles. The zero-order chi connectivity index (χ0) is 15.1. The second kappa shape index (κ2) is 8.18. The van der Waals surface area contributed by atoms with Gasteiger partial charge in [0.15, 0.2) is 0 Å². The zero-order valence-corrected chi connectivity index (χ0v) is 13.3. The Bertz CT molecular complexity index is 441. The second-order valence-electron chi connectivity index (χ2n) is 6.52. The molecule has 3 nitrogen and oxygen atoms in total. The van der Waals surface area contributed by atoms with E-state index in [9.17, 15) is 4.79 Å². The number of rotatable bonds is 6. The van der Waals surface area contributed by atoms with E-state index in [1.54, 1.807) is 0 Å². The lowest BCUT2D eigenvalue weighted by atomic mass is 9.81. The topological polar surface area (TPSA) is 41.1 Å². The van der Waals surface area contributed by atoms with Gasteiger partial charge in [0.2, 0.25) is 5.91 Å². The number of aryl methyl sites for hydroxylation is 1. The van der Waals surface area contributed by atoms with Crippen LogP contribution in [0.25, 0.3) is 0 Å². The van der Waals surface area contributed by atoms with Crippen molar-refractivity contribution in [2.45, 2.75) is 46.0 Å². The number of benzene rings is 1. The number of anilines is 1. The first-order valence-corrected chi connectivity index (χ1v) is 8.20. The molecule has 2 atom stereocenters. The van der Waals surface area contributed by atoms with Crippen LogP contribution in [-0.4, -0.2) is 19.0 Å². The van der Waals surface area contributed by atoms with E-state index < -0.39 is 0 Å². The van der Waals surface area contributed by atoms with Crippen LogP contribution in [0.2, 0.25) is 0 Å². The largest absolute Gasteiger partial charge is 0.325 e. The molecule has 0 aromatic heterocycles. The molecule has 0 saturated heterocycles. The Kier molecular flexibility index (Phi) is 6.24. The summed E-state index contributed by atoms with van der Waals surface area (Å²) in [6, 6.07) is 7.90. The molecule has 2 unspecified atom stereocenters. The Labute approximate surface area is 128 Å². The maximum absolute atomic E-state index is 11.8. The normalized spacial score (nSPS) is 22.0. The van der Waals surface area contributed by atoms with Gasteiger partial charge in [-0.2, -0.15) is 0 Å². The summed E-state index contributed by atoms with van der Waals surface area (Å²) in [5.74, 6) is 1.77. The molecule has 1 aliphatic carbocycles. The summed E-state index contributed by atoms with van der Waals surface area (Å²) in [7, 11) is 0. The maximum Gasteiger partial charge on any atom is 0.238 e. The highest BCUT2D eigenvalue weighted by molar-refractivity contribution is 5.92. The van der Waals surface area contributed by atoms with Crippen molar-refractivity contribution < 1.29 is 4.79 Å². The molecule has 2 rings (SSSR count). The highest BCUT2D eigenvalue weighted by Gasteiger charge is 2.18. The van der Waals surface area contributed by atoms with Crippen molar-refractivity contribution in [1.82, 2.24) is 5.32 Å². The zero-order valence-electron chi connectivity index (χ0n) is 13.3. The van der Waals surface area contributed by atoms with Crippen molar-refractivity contribution in [1.29, 1.82) is 0 Å². The minimum Gasteiger partial charge on any atom is -0.325 e. The van der Waals surface area contributed by atoms with Crippen molar-refractivity contribution in [2.75, 3.05) is 18.4 Å². The van der Waals surface area contributed by atoms with Gasteiger partial charge in [0, 0.05) is 5.69 Å². The fraction of sp³-hybridized carbons (Fsp3) is 0.611. The van der Waals surface area contributed by atoms with Crippen LogP contribution < -0.4 is 10.6 Å². The third kappa shape index (κ3) is 5.88. The average Bonchev–Trinajstić information content (AvgIpc) is 2.46. The molecule has 0 spiro atoms. The van der Waals surface area contributed by atoms with Gasteiger partial charge >= 0.3 is 0 Å². The first-order chi connectivity index (χ1) is 10.1. The Balaban J connectivity index is 1.59. The lowest BCUT2D eigenvalue weighted by Crippen LogP contribution is -2.30. The fourth-order valence-corrected chi connectivity index (χ4v) is 3.17. The van der Waals surface area contributed by atoms with Crippen LogP contribution in [0.5, 0.6) is 0 Å². The molecule has 0 radical (unpaired) electrons. The number of carbonyl (C=O) groups is 1. The summed E-state index contributed by atoms with van der Waals surface area (Å²) in [5, 5.41) is 6.18. The van der Waals surface area contributed by atoms with E-state index in [-0.39, 0.29) is 5.91 Å². The molecule has 116 valence electrons. The van der Waals surface area contributed by atoms with E-state index in [0.717, 1.165) is 24.1 Å². The third-order valence-corrected chi connectivity index (χ3v) is 4.40. The average molecular weight is 288 g/mol. The van der Waals surface area contributed by atoms with Crippen molar-refractivity contribution in [3.05, 3.63) is 29.8 Å². The highest BCUT2D eigenvalue weighted by atomic mass is 16.1. The number of hydrogen-bond acceptors (Lipinski definition) is 2. The molecule has 1 fully saturated rings. The Morgan fingerprint density at radius 3 is 2.71 bits per heavy atom. The number of hydrogen-bond donors (Lipinski definition) is 2. The second-order valence-corrected chi connectivity index (χ2v) is 6.52. The molecule has 1 aliphatic rings. The molecule has 3 heteroatoms. The standard InChI is InChI=1S/C18H28N2O/c1-14-6-8-17(9-7-14)20-18(21)13-19-11-10-16-5-3-4-15(2)12-16/h6-9,15-16,19H,3-5,10-13H2,1-2H3,(H,20,21). The van der Waals surface area contributed by atoms with Gasteiger partial charge in [-0.15, -0.1) is 0 Å². The van der Waals surface area contributed by atoms with Gasteiger partial charge in [-0.1, -0.05) is 43.9 Å². The minimum absolute atomic E-state index is 0.0378. The SMILES string of the molecule is Cc1ccc(NC(=O)CNCCC2CCCC(C)C2)cc1. The first kappa shape index (κ1) is 16.0. The molecule has 1 aromatic rings. The van der Waals surface area contributed by atoms with E-state index in [2.05, 4.69) is 17.6 Å². The summed E-state index contributed by atoms with van der Waals surface area (Å²) in [6.07, 6.45) is 6.68. The van der Waals surface area contributed by atoms with Crippen LogP contribution in [0.4, 0.5) is 5.69 Å². The minimum atomic E-state index is 0.0378. The lowest BCUT2D eigenvalue weighted by Gasteiger charge is -2.26. The van der Waals surface area contributed by atoms with Gasteiger partial charge in [-0.3, -0.25) is 4.79 Å². The molecular weight excluding hydrogens is 260 g/mol. The summed E-state index contributed by atoms with van der Waals surface area (Å²) >= 11 is 0. The van der Waals surface area contributed by atoms with Crippen LogP contribution >= 0.6 is 0 Å². The summed E-state index contributed by atoms with van der Waals surface area (Å²) in [5.41, 5.74) is 2.07. The first-order valence-electron chi connectivity index (χ1n) is 8.20. The summed E-state index contributed by atoms with van der Waals surface area (Å²) in [6.45, 7) is 5.74. The maximum atomic E-state index is 11.8. The Morgan fingerprint density at radius 1 is 1.24 bits per heavy atom. The van der Waals surface area contributed by atoms with Gasteiger partial charge in [0.1, 0.15) is 0 Å².